The van der Waals surface area contributed by atoms with Crippen molar-refractivity contribution in [2.75, 3.05) is 7.11 Å². The molecule has 0 amide bonds. The second-order valence-corrected chi connectivity index (χ2v) is 0.727. The maximum Gasteiger partial charge on any atom is 0.329 e. The van der Waals surface area contributed by atoms with Gasteiger partial charge in [0.2, 0.25) is 0 Å². The van der Waals surface area contributed by atoms with Gasteiger partial charge in [0, 0.05) is 6.08 Å². The van der Waals surface area contributed by atoms with Crippen molar-refractivity contribution >= 4 is 19.5 Å². The molecule has 0 unspecified atom stereocenters. The van der Waals surface area contributed by atoms with Crippen molar-refractivity contribution in [3.05, 3.63) is 12.7 Å². The predicted octanol–water partition coefficient (Wildman–Crippen LogP) is 0.458. The van der Waals surface area contributed by atoms with E-state index in [4.69, 9.17) is 0 Å². The highest BCUT2D eigenvalue weighted by molar-refractivity contribution is 7.59. The molecule has 7 heavy (non-hydrogen) atoms. The minimum atomic E-state index is -0.394. The van der Waals surface area contributed by atoms with E-state index in [1.807, 2.05) is 0 Å². The lowest BCUT2D eigenvalue weighted by molar-refractivity contribution is -0.134. The van der Waals surface area contributed by atoms with Crippen LogP contribution in [0.25, 0.3) is 0 Å². The summed E-state index contributed by atoms with van der Waals surface area (Å²) in [4.78, 5) is 9.84. The number of hydrogen-bond acceptors (Lipinski definition) is 2. The molecular weight excluding hydrogens is 112 g/mol. The third-order valence-electron chi connectivity index (χ3n) is 0.368. The Bertz CT molecular complexity index is 70.1. The van der Waals surface area contributed by atoms with Crippen molar-refractivity contribution in [1.29, 1.82) is 0 Å². The van der Waals surface area contributed by atoms with E-state index in [2.05, 4.69) is 11.3 Å². The molecule has 0 aliphatic heterocycles. The zero-order valence-electron chi connectivity index (χ0n) is 4.10. The van der Waals surface area contributed by atoms with Gasteiger partial charge in [-0.2, -0.15) is 13.5 Å². The highest BCUT2D eigenvalue weighted by Crippen LogP contribution is 1.67. The zero-order chi connectivity index (χ0) is 4.99. The molecule has 0 radical (unpaired) electrons. The van der Waals surface area contributed by atoms with Gasteiger partial charge in [-0.1, -0.05) is 6.58 Å². The van der Waals surface area contributed by atoms with Gasteiger partial charge in [-0.05, 0) is 0 Å². The Kier molecular flexibility index (Phi) is 7.75. The van der Waals surface area contributed by atoms with Crippen LogP contribution in [0, 0.1) is 0 Å². The van der Waals surface area contributed by atoms with Crippen molar-refractivity contribution in [2.45, 2.75) is 0 Å². The molecule has 0 spiro atoms. The van der Waals surface area contributed by atoms with Crippen molar-refractivity contribution in [3.8, 4) is 0 Å². The first-order valence-electron chi connectivity index (χ1n) is 1.51. The highest BCUT2D eigenvalue weighted by Gasteiger charge is 1.81. The van der Waals surface area contributed by atoms with E-state index in [9.17, 15) is 4.79 Å². The van der Waals surface area contributed by atoms with Gasteiger partial charge in [0.1, 0.15) is 0 Å². The summed E-state index contributed by atoms with van der Waals surface area (Å²) in [6.07, 6.45) is 1.11. The zero-order valence-corrected chi connectivity index (χ0v) is 5.10. The van der Waals surface area contributed by atoms with E-state index >= 15 is 0 Å². The molecule has 2 nitrogen and oxygen atoms in total. The van der Waals surface area contributed by atoms with Crippen LogP contribution < -0.4 is 0 Å². The van der Waals surface area contributed by atoms with Gasteiger partial charge in [0.05, 0.1) is 7.11 Å². The minimum absolute atomic E-state index is 0. The number of carbonyl (C=O) groups is 1. The monoisotopic (exact) mass is 120 g/mol. The molecule has 0 aliphatic carbocycles. The molecule has 42 valence electrons. The second-order valence-electron chi connectivity index (χ2n) is 0.727. The van der Waals surface area contributed by atoms with Crippen LogP contribution in [0.5, 0.6) is 0 Å². The lowest BCUT2D eigenvalue weighted by Gasteiger charge is -1.83. The molecule has 0 aliphatic rings. The minimum Gasteiger partial charge on any atom is -0.466 e. The number of rotatable bonds is 1. The molecule has 0 atom stereocenters. The van der Waals surface area contributed by atoms with Crippen LogP contribution in [0.15, 0.2) is 12.7 Å². The topological polar surface area (TPSA) is 26.3 Å². The Morgan fingerprint density at radius 2 is 2.29 bits per heavy atom. The van der Waals surface area contributed by atoms with E-state index in [1.165, 1.54) is 7.11 Å². The Hall–Kier alpha value is -0.440. The second kappa shape index (κ2) is 5.56. The fourth-order valence-electron chi connectivity index (χ4n) is 0.0833. The fourth-order valence-corrected chi connectivity index (χ4v) is 0.0833. The van der Waals surface area contributed by atoms with Gasteiger partial charge >= 0.3 is 5.97 Å². The maximum absolute atomic E-state index is 9.84. The summed E-state index contributed by atoms with van der Waals surface area (Å²) in [5.41, 5.74) is 0. The summed E-state index contributed by atoms with van der Waals surface area (Å²) >= 11 is 0. The summed E-state index contributed by atoms with van der Waals surface area (Å²) < 4.78 is 4.14. The Morgan fingerprint density at radius 3 is 2.29 bits per heavy atom. The third-order valence-corrected chi connectivity index (χ3v) is 0.368. The molecular formula is C4H8O2S. The van der Waals surface area contributed by atoms with Crippen molar-refractivity contribution < 1.29 is 9.53 Å². The first-order chi connectivity index (χ1) is 2.81. The molecule has 0 saturated heterocycles. The Morgan fingerprint density at radius 1 is 1.86 bits per heavy atom. The summed E-state index contributed by atoms with van der Waals surface area (Å²) in [6.45, 7) is 3.16. The molecule has 0 aromatic heterocycles. The molecule has 0 N–H and O–H groups in total. The van der Waals surface area contributed by atoms with Crippen LogP contribution in [0.2, 0.25) is 0 Å². The van der Waals surface area contributed by atoms with E-state index < -0.39 is 5.97 Å². The fraction of sp³-hybridized carbons (Fsp3) is 0.250. The van der Waals surface area contributed by atoms with Gasteiger partial charge < -0.3 is 4.74 Å². The third kappa shape index (κ3) is 5.56. The molecule has 0 saturated carbocycles. The largest absolute Gasteiger partial charge is 0.466 e. The molecule has 3 heteroatoms. The van der Waals surface area contributed by atoms with Gasteiger partial charge in [-0.15, -0.1) is 0 Å². The molecule has 0 fully saturated rings. The van der Waals surface area contributed by atoms with Gasteiger partial charge in [0.15, 0.2) is 0 Å². The van der Waals surface area contributed by atoms with Crippen LogP contribution in [-0.2, 0) is 9.53 Å². The number of carbonyl (C=O) groups excluding carboxylic acids is 1. The number of methoxy groups -OCH3 is 1. The smallest absolute Gasteiger partial charge is 0.329 e. The average molecular weight is 120 g/mol. The van der Waals surface area contributed by atoms with Gasteiger partial charge in [-0.3, -0.25) is 0 Å². The number of esters is 1. The average Bonchev–Trinajstić information content (AvgIpc) is 1.65. The molecule has 0 heterocycles. The Balaban J connectivity index is 0. The molecule has 0 bridgehead atoms. The lowest BCUT2D eigenvalue weighted by atomic mass is 10.7. The summed E-state index contributed by atoms with van der Waals surface area (Å²) in [5.74, 6) is -0.394. The maximum atomic E-state index is 9.84. The summed E-state index contributed by atoms with van der Waals surface area (Å²) in [5, 5.41) is 0. The van der Waals surface area contributed by atoms with Crippen LogP contribution in [0.3, 0.4) is 0 Å². The van der Waals surface area contributed by atoms with Crippen LogP contribution in [-0.4, -0.2) is 13.1 Å². The predicted molar refractivity (Wildman–Crippen MR) is 32.6 cm³/mol. The van der Waals surface area contributed by atoms with Crippen LogP contribution in [0.1, 0.15) is 0 Å². The van der Waals surface area contributed by atoms with E-state index in [0.29, 0.717) is 0 Å². The first kappa shape index (κ1) is 9.75. The van der Waals surface area contributed by atoms with Crippen molar-refractivity contribution in [1.82, 2.24) is 0 Å². The molecule has 0 rings (SSSR count). The lowest BCUT2D eigenvalue weighted by Crippen LogP contribution is -1.91. The summed E-state index contributed by atoms with van der Waals surface area (Å²) in [6, 6.07) is 0. The van der Waals surface area contributed by atoms with Crippen LogP contribution >= 0.6 is 13.5 Å². The molecule has 0 aromatic rings. The molecule has 0 aromatic carbocycles. The van der Waals surface area contributed by atoms with E-state index in [-0.39, 0.29) is 13.5 Å². The number of hydrogen-bond donors (Lipinski definition) is 0. The SMILES string of the molecule is C=CC(=O)OC.S. The van der Waals surface area contributed by atoms with Gasteiger partial charge in [0.25, 0.3) is 0 Å². The standard InChI is InChI=1S/C4H6O2.H2S/c1-3-4(5)6-2;/h3H,1H2,2H3;1H2. The van der Waals surface area contributed by atoms with E-state index in [1.54, 1.807) is 0 Å². The highest BCUT2D eigenvalue weighted by atomic mass is 32.1. The van der Waals surface area contributed by atoms with Crippen LogP contribution in [0.4, 0.5) is 0 Å². The first-order valence-corrected chi connectivity index (χ1v) is 1.51. The van der Waals surface area contributed by atoms with Crippen molar-refractivity contribution in [2.24, 2.45) is 0 Å². The summed E-state index contributed by atoms with van der Waals surface area (Å²) in [7, 11) is 1.31. The quantitative estimate of drug-likeness (QED) is 0.371. The van der Waals surface area contributed by atoms with Crippen molar-refractivity contribution in [3.63, 3.8) is 0 Å². The van der Waals surface area contributed by atoms with Gasteiger partial charge in [-0.25, -0.2) is 4.79 Å². The number of ether oxygens (including phenoxy) is 1. The normalized spacial score (nSPS) is 5.86. The van der Waals surface area contributed by atoms with E-state index in [0.717, 1.165) is 6.08 Å². The Labute approximate surface area is 49.6 Å².